The van der Waals surface area contributed by atoms with E-state index in [1.807, 2.05) is 0 Å². The van der Waals surface area contributed by atoms with Crippen molar-refractivity contribution < 1.29 is 55.1 Å². The third-order valence-corrected chi connectivity index (χ3v) is 3.96. The van der Waals surface area contributed by atoms with Crippen LogP contribution in [0.5, 0.6) is 0 Å². The van der Waals surface area contributed by atoms with Crippen LogP contribution < -0.4 is 0 Å². The molecule has 136 valence electrons. The summed E-state index contributed by atoms with van der Waals surface area (Å²) in [6.07, 6.45) is -15.3. The molecule has 0 amide bonds. The summed E-state index contributed by atoms with van der Waals surface area (Å²) in [6.45, 7) is -1.10. The van der Waals surface area contributed by atoms with Gasteiger partial charge in [0.2, 0.25) is 0 Å². The van der Waals surface area contributed by atoms with Crippen LogP contribution in [0.15, 0.2) is 0 Å². The summed E-state index contributed by atoms with van der Waals surface area (Å²) >= 11 is 0. The molecule has 0 aromatic carbocycles. The molecule has 2 aliphatic heterocycles. The van der Waals surface area contributed by atoms with Gasteiger partial charge in [0, 0.05) is 0 Å². The van der Waals surface area contributed by atoms with E-state index in [9.17, 15) is 35.7 Å². The van der Waals surface area contributed by atoms with Gasteiger partial charge in [-0.3, -0.25) is 0 Å². The van der Waals surface area contributed by atoms with E-state index in [-0.39, 0.29) is 0 Å². The highest BCUT2D eigenvalue weighted by molar-refractivity contribution is 4.91. The van der Waals surface area contributed by atoms with Crippen molar-refractivity contribution in [3.63, 3.8) is 0 Å². The molecule has 23 heavy (non-hydrogen) atoms. The highest BCUT2D eigenvalue weighted by Gasteiger charge is 2.46. The Hall–Kier alpha value is -0.440. The minimum absolute atomic E-state index is 0.468. The number of hydrogen-bond acceptors (Lipinski definition) is 11. The Balaban J connectivity index is 1.94. The number of aliphatic hydroxyl groups is 8. The lowest BCUT2D eigenvalue weighted by atomic mass is 9.98. The van der Waals surface area contributed by atoms with E-state index in [0.717, 1.165) is 0 Å². The van der Waals surface area contributed by atoms with Gasteiger partial charge in [-0.2, -0.15) is 0 Å². The van der Waals surface area contributed by atoms with Crippen LogP contribution in [0.1, 0.15) is 0 Å². The van der Waals surface area contributed by atoms with Crippen molar-refractivity contribution in [3.05, 3.63) is 0 Å². The van der Waals surface area contributed by atoms with Gasteiger partial charge in [0.25, 0.3) is 0 Å². The van der Waals surface area contributed by atoms with Crippen LogP contribution >= 0.6 is 0 Å². The lowest BCUT2D eigenvalue weighted by Crippen LogP contribution is -2.61. The summed E-state index contributed by atoms with van der Waals surface area (Å²) in [5.74, 6) is 0. The minimum atomic E-state index is -1.74. The maximum absolute atomic E-state index is 9.78. The third-order valence-electron chi connectivity index (χ3n) is 3.96. The van der Waals surface area contributed by atoms with Crippen LogP contribution in [0.25, 0.3) is 0 Å². The minimum Gasteiger partial charge on any atom is -0.394 e. The topological polar surface area (TPSA) is 190 Å². The van der Waals surface area contributed by atoms with Crippen molar-refractivity contribution in [2.45, 2.75) is 61.4 Å². The monoisotopic (exact) mass is 342 g/mol. The summed E-state index contributed by atoms with van der Waals surface area (Å²) in [5.41, 5.74) is 0. The van der Waals surface area contributed by atoms with Crippen molar-refractivity contribution >= 4 is 0 Å². The molecule has 2 fully saturated rings. The molecule has 0 unspecified atom stereocenters. The average Bonchev–Trinajstić information content (AvgIpc) is 2.54. The van der Waals surface area contributed by atoms with Gasteiger partial charge in [0.1, 0.15) is 48.8 Å². The number of hydrogen-bond donors (Lipinski definition) is 8. The number of rotatable bonds is 4. The first kappa shape index (κ1) is 18.9. The molecule has 11 nitrogen and oxygen atoms in total. The molecule has 0 saturated carbocycles. The molecule has 10 atom stereocenters. The molecule has 2 heterocycles. The quantitative estimate of drug-likeness (QED) is 0.243. The third kappa shape index (κ3) is 3.81. The van der Waals surface area contributed by atoms with Crippen LogP contribution in [0.2, 0.25) is 0 Å². The van der Waals surface area contributed by atoms with Crippen molar-refractivity contribution in [3.8, 4) is 0 Å². The molecule has 2 saturated heterocycles. The van der Waals surface area contributed by atoms with Gasteiger partial charge in [0.15, 0.2) is 12.6 Å². The van der Waals surface area contributed by atoms with Crippen LogP contribution in [-0.2, 0) is 14.2 Å². The van der Waals surface area contributed by atoms with Crippen LogP contribution in [0.4, 0.5) is 0 Å². The first-order valence-corrected chi connectivity index (χ1v) is 7.07. The van der Waals surface area contributed by atoms with E-state index in [2.05, 4.69) is 0 Å². The van der Waals surface area contributed by atoms with Crippen LogP contribution in [0, 0.1) is 0 Å². The Morgan fingerprint density at radius 2 is 1.22 bits per heavy atom. The zero-order valence-corrected chi connectivity index (χ0v) is 12.0. The zero-order valence-electron chi connectivity index (χ0n) is 12.0. The number of ether oxygens (including phenoxy) is 3. The Morgan fingerprint density at radius 3 is 1.83 bits per heavy atom. The molecule has 0 aliphatic carbocycles. The van der Waals surface area contributed by atoms with Crippen LogP contribution in [0.3, 0.4) is 0 Å². The highest BCUT2D eigenvalue weighted by atomic mass is 16.7. The molecule has 0 aromatic heterocycles. The van der Waals surface area contributed by atoms with E-state index >= 15 is 0 Å². The first-order chi connectivity index (χ1) is 10.8. The maximum atomic E-state index is 9.78. The lowest BCUT2D eigenvalue weighted by Gasteiger charge is -2.41. The Morgan fingerprint density at radius 1 is 0.652 bits per heavy atom. The summed E-state index contributed by atoms with van der Waals surface area (Å²) in [6, 6.07) is 0. The van der Waals surface area contributed by atoms with Crippen molar-refractivity contribution in [1.29, 1.82) is 0 Å². The van der Waals surface area contributed by atoms with Gasteiger partial charge in [0.05, 0.1) is 13.2 Å². The molecule has 0 radical (unpaired) electrons. The molecular weight excluding hydrogens is 320 g/mol. The molecular formula is C12H22O11. The summed E-state index contributed by atoms with van der Waals surface area (Å²) in [7, 11) is 0. The lowest BCUT2D eigenvalue weighted by molar-refractivity contribution is -0.325. The van der Waals surface area contributed by atoms with Crippen molar-refractivity contribution in [2.75, 3.05) is 13.2 Å². The first-order valence-electron chi connectivity index (χ1n) is 7.07. The Labute approximate surface area is 130 Å². The van der Waals surface area contributed by atoms with E-state index in [4.69, 9.17) is 19.3 Å². The van der Waals surface area contributed by atoms with Gasteiger partial charge < -0.3 is 55.1 Å². The van der Waals surface area contributed by atoms with E-state index in [0.29, 0.717) is 0 Å². The van der Waals surface area contributed by atoms with Gasteiger partial charge in [-0.05, 0) is 0 Å². The normalized spacial score (nSPS) is 51.7. The Kier molecular flexibility index (Phi) is 6.27. The highest BCUT2D eigenvalue weighted by Crippen LogP contribution is 2.24. The zero-order chi connectivity index (χ0) is 17.3. The van der Waals surface area contributed by atoms with Gasteiger partial charge in [-0.1, -0.05) is 0 Å². The summed E-state index contributed by atoms with van der Waals surface area (Å²) < 4.78 is 15.1. The second-order valence-corrected chi connectivity index (χ2v) is 5.57. The molecule has 0 spiro atoms. The van der Waals surface area contributed by atoms with Crippen molar-refractivity contribution in [2.24, 2.45) is 0 Å². The maximum Gasteiger partial charge on any atom is 0.186 e. The fourth-order valence-electron chi connectivity index (χ4n) is 2.46. The molecule has 11 heteroatoms. The molecule has 8 N–H and O–H groups in total. The fraction of sp³-hybridized carbons (Fsp3) is 1.00. The van der Waals surface area contributed by atoms with Gasteiger partial charge in [-0.25, -0.2) is 0 Å². The molecule has 2 aliphatic rings. The fourth-order valence-corrected chi connectivity index (χ4v) is 2.46. The molecule has 0 aromatic rings. The second-order valence-electron chi connectivity index (χ2n) is 5.57. The van der Waals surface area contributed by atoms with Crippen molar-refractivity contribution in [1.82, 2.24) is 0 Å². The predicted octanol–water partition coefficient (Wildman–Crippen LogP) is -5.40. The largest absolute Gasteiger partial charge is 0.394 e. The molecule has 0 bridgehead atoms. The van der Waals surface area contributed by atoms with E-state index < -0.39 is 74.6 Å². The standard InChI is InChI=1S/C12H22O11/c13-1-3-5(14)8(17)10(19)12(23-3)21-2-4-6(15)7(16)9(18)11(20)22-4/h3-20H,1-2H2/t3-,4-,5+,6+,7-,8-,9-,10-,11-,12-/m1/s1. The average molecular weight is 342 g/mol. The summed E-state index contributed by atoms with van der Waals surface area (Å²) in [4.78, 5) is 0. The second kappa shape index (κ2) is 7.63. The summed E-state index contributed by atoms with van der Waals surface area (Å²) in [5, 5.41) is 76.1. The van der Waals surface area contributed by atoms with Crippen LogP contribution in [-0.4, -0.2) is 115 Å². The van der Waals surface area contributed by atoms with E-state index in [1.165, 1.54) is 0 Å². The predicted molar refractivity (Wildman–Crippen MR) is 68.6 cm³/mol. The van der Waals surface area contributed by atoms with E-state index in [1.54, 1.807) is 0 Å². The Bertz CT molecular complexity index is 380. The van der Waals surface area contributed by atoms with Gasteiger partial charge >= 0.3 is 0 Å². The van der Waals surface area contributed by atoms with Gasteiger partial charge in [-0.15, -0.1) is 0 Å². The number of aliphatic hydroxyl groups excluding tert-OH is 8. The smallest absolute Gasteiger partial charge is 0.186 e. The SMILES string of the molecule is OC[C@H]1O[C@@H](OC[C@H]2O[C@@H](O)[C@H](O)[C@H](O)[C@H]2O)[C@H](O)[C@H](O)[C@H]1O. The molecule has 2 rings (SSSR count).